The van der Waals surface area contributed by atoms with Crippen molar-refractivity contribution in [3.05, 3.63) is 34.9 Å². The van der Waals surface area contributed by atoms with E-state index < -0.39 is 11.6 Å². The molecule has 102 valence electrons. The van der Waals surface area contributed by atoms with Gasteiger partial charge in [-0.05, 0) is 45.6 Å². The number of likely N-dealkylation sites (N-methyl/N-ethyl adjacent to an activating group) is 1. The zero-order chi connectivity index (χ0) is 13.7. The summed E-state index contributed by atoms with van der Waals surface area (Å²) in [5.74, 6) is -0.918. The van der Waals surface area contributed by atoms with Crippen LogP contribution in [0.2, 0.25) is 0 Å². The minimum Gasteiger partial charge on any atom is -0.309 e. The normalized spacial score (nSPS) is 13.1. The van der Waals surface area contributed by atoms with Gasteiger partial charge in [0.15, 0.2) is 0 Å². The maximum atomic E-state index is 14.1. The molecular formula is C14H22F2N2. The Morgan fingerprint density at radius 3 is 2.50 bits per heavy atom. The second-order valence-corrected chi connectivity index (χ2v) is 4.86. The van der Waals surface area contributed by atoms with Gasteiger partial charge < -0.3 is 10.2 Å². The molecule has 2 nitrogen and oxygen atoms in total. The maximum absolute atomic E-state index is 14.1. The van der Waals surface area contributed by atoms with E-state index in [0.717, 1.165) is 13.0 Å². The molecule has 0 saturated heterocycles. The number of nitrogens with zero attached hydrogens (tertiary/aromatic N) is 1. The number of halogens is 2. The Hall–Kier alpha value is -1.00. The monoisotopic (exact) mass is 256 g/mol. The fourth-order valence-corrected chi connectivity index (χ4v) is 1.94. The molecule has 1 atom stereocenters. The summed E-state index contributed by atoms with van der Waals surface area (Å²) in [5, 5.41) is 3.20. The van der Waals surface area contributed by atoms with Crippen LogP contribution in [0.3, 0.4) is 0 Å². The lowest BCUT2D eigenvalue weighted by atomic mass is 10.0. The summed E-state index contributed by atoms with van der Waals surface area (Å²) in [5.41, 5.74) is 0.630. The Labute approximate surface area is 108 Å². The van der Waals surface area contributed by atoms with Crippen molar-refractivity contribution < 1.29 is 8.78 Å². The number of nitrogens with one attached hydrogen (secondary N) is 1. The predicted octanol–water partition coefficient (Wildman–Crippen LogP) is 2.88. The average Bonchev–Trinajstić information content (AvgIpc) is 2.30. The van der Waals surface area contributed by atoms with Gasteiger partial charge in [-0.25, -0.2) is 8.78 Å². The van der Waals surface area contributed by atoms with Crippen molar-refractivity contribution in [2.75, 3.05) is 27.2 Å². The van der Waals surface area contributed by atoms with Crippen molar-refractivity contribution in [3.63, 3.8) is 0 Å². The van der Waals surface area contributed by atoms with Gasteiger partial charge in [0.2, 0.25) is 0 Å². The third kappa shape index (κ3) is 3.75. The summed E-state index contributed by atoms with van der Waals surface area (Å²) in [6.45, 7) is 5.00. The lowest BCUT2D eigenvalue weighted by Crippen LogP contribution is -2.33. The first kappa shape index (κ1) is 15.1. The minimum atomic E-state index is -0.478. The van der Waals surface area contributed by atoms with E-state index in [0.29, 0.717) is 12.1 Å². The van der Waals surface area contributed by atoms with Crippen LogP contribution in [0, 0.1) is 18.6 Å². The third-order valence-corrected chi connectivity index (χ3v) is 2.86. The summed E-state index contributed by atoms with van der Waals surface area (Å²) in [7, 11) is 3.79. The molecule has 0 aromatic heterocycles. The van der Waals surface area contributed by atoms with Crippen LogP contribution in [0.15, 0.2) is 12.1 Å². The number of aryl methyl sites for hydroxylation is 1. The van der Waals surface area contributed by atoms with Crippen molar-refractivity contribution in [3.8, 4) is 0 Å². The summed E-state index contributed by atoms with van der Waals surface area (Å²) < 4.78 is 28.0. The molecule has 1 aromatic rings. The molecule has 1 aromatic carbocycles. The van der Waals surface area contributed by atoms with Crippen molar-refractivity contribution >= 4 is 0 Å². The van der Waals surface area contributed by atoms with Crippen molar-refractivity contribution in [2.24, 2.45) is 0 Å². The Balaban J connectivity index is 3.07. The Bertz CT molecular complexity index is 392. The summed E-state index contributed by atoms with van der Waals surface area (Å²) in [6.07, 6.45) is 0.930. The van der Waals surface area contributed by atoms with Crippen molar-refractivity contribution in [1.29, 1.82) is 0 Å². The van der Waals surface area contributed by atoms with Gasteiger partial charge in [-0.3, -0.25) is 0 Å². The zero-order valence-corrected chi connectivity index (χ0v) is 11.6. The number of hydrogen-bond acceptors (Lipinski definition) is 2. The summed E-state index contributed by atoms with van der Waals surface area (Å²) in [6, 6.07) is 2.49. The topological polar surface area (TPSA) is 15.3 Å². The predicted molar refractivity (Wildman–Crippen MR) is 70.7 cm³/mol. The molecular weight excluding hydrogens is 234 g/mol. The van der Waals surface area contributed by atoms with Crippen LogP contribution in [0.5, 0.6) is 0 Å². The Morgan fingerprint density at radius 1 is 1.28 bits per heavy atom. The molecule has 1 N–H and O–H groups in total. The van der Waals surface area contributed by atoms with E-state index in [2.05, 4.69) is 5.32 Å². The van der Waals surface area contributed by atoms with E-state index in [1.807, 2.05) is 25.9 Å². The number of hydrogen-bond donors (Lipinski definition) is 1. The molecule has 1 rings (SSSR count). The summed E-state index contributed by atoms with van der Waals surface area (Å²) >= 11 is 0. The molecule has 0 spiro atoms. The van der Waals surface area contributed by atoms with Crippen LogP contribution in [-0.2, 0) is 0 Å². The van der Waals surface area contributed by atoms with E-state index in [1.54, 1.807) is 6.92 Å². The van der Waals surface area contributed by atoms with Gasteiger partial charge in [0.25, 0.3) is 0 Å². The highest BCUT2D eigenvalue weighted by Gasteiger charge is 2.21. The highest BCUT2D eigenvalue weighted by Crippen LogP contribution is 2.23. The number of benzene rings is 1. The number of rotatable bonds is 6. The molecule has 0 aliphatic heterocycles. The van der Waals surface area contributed by atoms with Crippen LogP contribution < -0.4 is 5.32 Å². The fourth-order valence-electron chi connectivity index (χ4n) is 1.94. The second kappa shape index (κ2) is 6.81. The quantitative estimate of drug-likeness (QED) is 0.842. The standard InChI is InChI=1S/C14H22F2N2/c1-5-8-17-12(9-18(3)4)13-11(15)7-6-10(2)14(13)16/h6-7,12,17H,5,8-9H2,1-4H3. The molecule has 1 unspecified atom stereocenters. The molecule has 18 heavy (non-hydrogen) atoms. The first-order chi connectivity index (χ1) is 8.47. The van der Waals surface area contributed by atoms with Crippen LogP contribution >= 0.6 is 0 Å². The second-order valence-electron chi connectivity index (χ2n) is 4.86. The highest BCUT2D eigenvalue weighted by molar-refractivity contribution is 5.29. The third-order valence-electron chi connectivity index (χ3n) is 2.86. The van der Waals surface area contributed by atoms with E-state index >= 15 is 0 Å². The molecule has 4 heteroatoms. The minimum absolute atomic E-state index is 0.150. The smallest absolute Gasteiger partial charge is 0.133 e. The first-order valence-corrected chi connectivity index (χ1v) is 6.30. The zero-order valence-electron chi connectivity index (χ0n) is 11.6. The van der Waals surface area contributed by atoms with E-state index in [9.17, 15) is 8.78 Å². The van der Waals surface area contributed by atoms with Gasteiger partial charge in [-0.2, -0.15) is 0 Å². The van der Waals surface area contributed by atoms with Crippen LogP contribution in [0.25, 0.3) is 0 Å². The van der Waals surface area contributed by atoms with Gasteiger partial charge in [0.05, 0.1) is 6.04 Å². The molecule has 0 aliphatic rings. The molecule has 0 aliphatic carbocycles. The lowest BCUT2D eigenvalue weighted by molar-refractivity contribution is 0.329. The van der Waals surface area contributed by atoms with Gasteiger partial charge in [-0.1, -0.05) is 13.0 Å². The van der Waals surface area contributed by atoms with Crippen LogP contribution in [0.1, 0.15) is 30.5 Å². The van der Waals surface area contributed by atoms with E-state index in [1.165, 1.54) is 12.1 Å². The lowest BCUT2D eigenvalue weighted by Gasteiger charge is -2.24. The van der Waals surface area contributed by atoms with Gasteiger partial charge in [0, 0.05) is 12.1 Å². The Morgan fingerprint density at radius 2 is 1.94 bits per heavy atom. The van der Waals surface area contributed by atoms with Gasteiger partial charge in [0.1, 0.15) is 11.6 Å². The van der Waals surface area contributed by atoms with E-state index in [-0.39, 0.29) is 11.6 Å². The molecule has 0 saturated carbocycles. The fraction of sp³-hybridized carbons (Fsp3) is 0.571. The molecule has 0 radical (unpaired) electrons. The van der Waals surface area contributed by atoms with Gasteiger partial charge >= 0.3 is 0 Å². The first-order valence-electron chi connectivity index (χ1n) is 6.30. The Kier molecular flexibility index (Phi) is 5.69. The molecule has 0 heterocycles. The molecule has 0 amide bonds. The maximum Gasteiger partial charge on any atom is 0.133 e. The van der Waals surface area contributed by atoms with E-state index in [4.69, 9.17) is 0 Å². The molecule has 0 fully saturated rings. The van der Waals surface area contributed by atoms with Crippen molar-refractivity contribution in [2.45, 2.75) is 26.3 Å². The van der Waals surface area contributed by atoms with Crippen LogP contribution in [0.4, 0.5) is 8.78 Å². The largest absolute Gasteiger partial charge is 0.309 e. The molecule has 0 bridgehead atoms. The van der Waals surface area contributed by atoms with Crippen molar-refractivity contribution in [1.82, 2.24) is 10.2 Å². The average molecular weight is 256 g/mol. The highest BCUT2D eigenvalue weighted by atomic mass is 19.1. The van der Waals surface area contributed by atoms with Gasteiger partial charge in [-0.15, -0.1) is 0 Å². The summed E-state index contributed by atoms with van der Waals surface area (Å²) in [4.78, 5) is 1.93. The SMILES string of the molecule is CCCNC(CN(C)C)c1c(F)ccc(C)c1F. The van der Waals surface area contributed by atoms with Crippen LogP contribution in [-0.4, -0.2) is 32.1 Å².